The molecule has 1 N–H and O–H groups in total. The largest absolute Gasteiger partial charge is 0.489 e. The second-order valence-electron chi connectivity index (χ2n) is 9.20. The van der Waals surface area contributed by atoms with Gasteiger partial charge in [-0.25, -0.2) is 4.79 Å². The smallest absolute Gasteiger partial charge is 0.343 e. The molecule has 1 aliphatic heterocycles. The molecule has 0 aliphatic carbocycles. The summed E-state index contributed by atoms with van der Waals surface area (Å²) in [5.41, 5.74) is 3.69. The van der Waals surface area contributed by atoms with Crippen LogP contribution in [0.4, 0.5) is 0 Å². The first kappa shape index (κ1) is 23.9. The summed E-state index contributed by atoms with van der Waals surface area (Å²) in [7, 11) is 1.35. The van der Waals surface area contributed by atoms with Gasteiger partial charge in [-0.1, -0.05) is 72.8 Å². The highest BCUT2D eigenvalue weighted by Crippen LogP contribution is 2.40. The van der Waals surface area contributed by atoms with Gasteiger partial charge in [-0.15, -0.1) is 0 Å². The van der Waals surface area contributed by atoms with E-state index in [-0.39, 0.29) is 24.7 Å². The van der Waals surface area contributed by atoms with E-state index >= 15 is 0 Å². The number of carbonyl (C=O) groups is 1. The minimum Gasteiger partial charge on any atom is -0.489 e. The molecule has 0 aromatic heterocycles. The van der Waals surface area contributed by atoms with Crippen molar-refractivity contribution in [1.82, 2.24) is 5.32 Å². The number of esters is 1. The molecular weight excluding hydrogens is 450 g/mol. The van der Waals surface area contributed by atoms with Crippen molar-refractivity contribution in [2.45, 2.75) is 31.4 Å². The Labute approximate surface area is 212 Å². The summed E-state index contributed by atoms with van der Waals surface area (Å²) in [6, 6.07) is 31.4. The molecule has 0 saturated carbocycles. The maximum Gasteiger partial charge on any atom is 0.343 e. The average Bonchev–Trinajstić information content (AvgIpc) is 2.94. The third kappa shape index (κ3) is 5.21. The molecule has 0 amide bonds. The third-order valence-electron chi connectivity index (χ3n) is 6.90. The molecule has 1 heterocycles. The Hall–Kier alpha value is -3.83. The number of ether oxygens (including phenoxy) is 3. The number of rotatable bonds is 8. The molecule has 4 aromatic carbocycles. The van der Waals surface area contributed by atoms with Crippen molar-refractivity contribution in [2.75, 3.05) is 20.3 Å². The van der Waals surface area contributed by atoms with Crippen molar-refractivity contribution in [3.05, 3.63) is 108 Å². The molecule has 1 aliphatic rings. The number of fused-ring (bicyclic) bond motifs is 2. The monoisotopic (exact) mass is 481 g/mol. The van der Waals surface area contributed by atoms with Crippen LogP contribution in [0.2, 0.25) is 0 Å². The van der Waals surface area contributed by atoms with Gasteiger partial charge in [0.15, 0.2) is 6.61 Å². The fraction of sp³-hybridized carbons (Fsp3) is 0.258. The van der Waals surface area contributed by atoms with Crippen LogP contribution < -0.4 is 14.8 Å². The van der Waals surface area contributed by atoms with Gasteiger partial charge in [-0.2, -0.15) is 0 Å². The van der Waals surface area contributed by atoms with Crippen molar-refractivity contribution < 1.29 is 19.0 Å². The summed E-state index contributed by atoms with van der Waals surface area (Å²) < 4.78 is 16.6. The van der Waals surface area contributed by atoms with Gasteiger partial charge in [0, 0.05) is 24.1 Å². The fourth-order valence-corrected chi connectivity index (χ4v) is 4.98. The van der Waals surface area contributed by atoms with Crippen LogP contribution >= 0.6 is 0 Å². The predicted molar refractivity (Wildman–Crippen MR) is 142 cm³/mol. The summed E-state index contributed by atoms with van der Waals surface area (Å²) in [5, 5.41) is 6.25. The van der Waals surface area contributed by atoms with Crippen LogP contribution in [0.5, 0.6) is 11.5 Å². The van der Waals surface area contributed by atoms with Gasteiger partial charge < -0.3 is 19.5 Å². The molecule has 5 nitrogen and oxygen atoms in total. The van der Waals surface area contributed by atoms with Crippen LogP contribution in [-0.4, -0.2) is 32.3 Å². The minimum atomic E-state index is -0.398. The lowest BCUT2D eigenvalue weighted by Gasteiger charge is -2.33. The van der Waals surface area contributed by atoms with Gasteiger partial charge in [0.1, 0.15) is 17.6 Å². The van der Waals surface area contributed by atoms with Crippen LogP contribution in [0.3, 0.4) is 0 Å². The topological polar surface area (TPSA) is 56.8 Å². The Kier molecular flexibility index (Phi) is 7.19. The fourth-order valence-electron chi connectivity index (χ4n) is 4.98. The molecule has 5 rings (SSSR count). The zero-order chi connectivity index (χ0) is 24.9. The van der Waals surface area contributed by atoms with E-state index < -0.39 is 5.97 Å². The van der Waals surface area contributed by atoms with E-state index in [1.165, 1.54) is 34.6 Å². The summed E-state index contributed by atoms with van der Waals surface area (Å²) in [6.45, 7) is 2.86. The molecule has 4 aromatic rings. The quantitative estimate of drug-likeness (QED) is 0.312. The third-order valence-corrected chi connectivity index (χ3v) is 6.90. The Morgan fingerprint density at radius 1 is 0.972 bits per heavy atom. The number of hydrogen-bond donors (Lipinski definition) is 1. The van der Waals surface area contributed by atoms with Crippen molar-refractivity contribution >= 4 is 16.7 Å². The number of para-hydroxylation sites is 1. The zero-order valence-corrected chi connectivity index (χ0v) is 20.6. The molecule has 0 fully saturated rings. The van der Waals surface area contributed by atoms with Crippen LogP contribution in [0, 0.1) is 0 Å². The summed E-state index contributed by atoms with van der Waals surface area (Å²) in [5.74, 6) is 1.39. The molecule has 5 heteroatoms. The predicted octanol–water partition coefficient (Wildman–Crippen LogP) is 6.03. The number of methoxy groups -OCH3 is 1. The van der Waals surface area contributed by atoms with E-state index in [4.69, 9.17) is 9.47 Å². The lowest BCUT2D eigenvalue weighted by Crippen LogP contribution is -2.37. The Bertz CT molecular complexity index is 1330. The summed E-state index contributed by atoms with van der Waals surface area (Å²) >= 11 is 0. The van der Waals surface area contributed by atoms with Crippen LogP contribution in [0.15, 0.2) is 91.0 Å². The summed E-state index contributed by atoms with van der Waals surface area (Å²) in [6.07, 6.45) is 0.909. The molecule has 0 radical (unpaired) electrons. The van der Waals surface area contributed by atoms with Gasteiger partial charge >= 0.3 is 5.97 Å². The second-order valence-corrected chi connectivity index (χ2v) is 9.20. The van der Waals surface area contributed by atoms with E-state index in [2.05, 4.69) is 89.8 Å². The molecule has 0 spiro atoms. The molecule has 3 unspecified atom stereocenters. The average molecular weight is 482 g/mol. The van der Waals surface area contributed by atoms with Crippen molar-refractivity contribution in [3.8, 4) is 11.5 Å². The van der Waals surface area contributed by atoms with Crippen molar-refractivity contribution in [2.24, 2.45) is 0 Å². The number of benzene rings is 4. The highest BCUT2D eigenvalue weighted by atomic mass is 16.6. The first-order chi connectivity index (χ1) is 17.6. The SMILES string of the molecule is COC(=O)COc1ccc(C2CC(CNC(C)c3cccc4ccccc34)Oc3ccccc32)cc1. The van der Waals surface area contributed by atoms with Crippen molar-refractivity contribution in [1.29, 1.82) is 0 Å². The number of carbonyl (C=O) groups excluding carboxylic acids is 1. The first-order valence-corrected chi connectivity index (χ1v) is 12.4. The van der Waals surface area contributed by atoms with Gasteiger partial charge in [-0.3, -0.25) is 0 Å². The molecular formula is C31H31NO4. The lowest BCUT2D eigenvalue weighted by atomic mass is 9.84. The summed E-state index contributed by atoms with van der Waals surface area (Å²) in [4.78, 5) is 11.4. The Morgan fingerprint density at radius 2 is 1.72 bits per heavy atom. The minimum absolute atomic E-state index is 0.0394. The number of nitrogens with one attached hydrogen (secondary N) is 1. The van der Waals surface area contributed by atoms with Gasteiger partial charge in [0.2, 0.25) is 0 Å². The van der Waals surface area contributed by atoms with Crippen LogP contribution in [-0.2, 0) is 9.53 Å². The molecule has 3 atom stereocenters. The highest BCUT2D eigenvalue weighted by molar-refractivity contribution is 5.86. The van der Waals surface area contributed by atoms with Crippen LogP contribution in [0.1, 0.15) is 42.0 Å². The van der Waals surface area contributed by atoms with E-state index in [1.54, 1.807) is 0 Å². The van der Waals surface area contributed by atoms with E-state index in [0.29, 0.717) is 5.75 Å². The Morgan fingerprint density at radius 3 is 2.56 bits per heavy atom. The van der Waals surface area contributed by atoms with Crippen LogP contribution in [0.25, 0.3) is 10.8 Å². The van der Waals surface area contributed by atoms with Crippen molar-refractivity contribution in [3.63, 3.8) is 0 Å². The van der Waals surface area contributed by atoms with Gasteiger partial charge in [-0.05, 0) is 53.4 Å². The van der Waals surface area contributed by atoms with Gasteiger partial charge in [0.25, 0.3) is 0 Å². The van der Waals surface area contributed by atoms with E-state index in [1.807, 2.05) is 18.2 Å². The maximum atomic E-state index is 11.4. The Balaban J connectivity index is 1.30. The first-order valence-electron chi connectivity index (χ1n) is 12.4. The standard InChI is InChI=1S/C31H31NO4/c1-21(26-12-7-9-22-8-3-4-10-27(22)26)32-19-25-18-29(28-11-5-6-13-30(28)36-25)23-14-16-24(17-15-23)35-20-31(33)34-2/h3-17,21,25,29,32H,18-20H2,1-2H3. The molecule has 36 heavy (non-hydrogen) atoms. The normalized spacial score (nSPS) is 17.6. The second kappa shape index (κ2) is 10.8. The molecule has 184 valence electrons. The van der Waals surface area contributed by atoms with Gasteiger partial charge in [0.05, 0.1) is 7.11 Å². The highest BCUT2D eigenvalue weighted by Gasteiger charge is 2.29. The maximum absolute atomic E-state index is 11.4. The van der Waals surface area contributed by atoms with E-state index in [0.717, 1.165) is 18.7 Å². The molecule has 0 bridgehead atoms. The van der Waals surface area contributed by atoms with E-state index in [9.17, 15) is 4.79 Å². The molecule has 0 saturated heterocycles. The lowest BCUT2D eigenvalue weighted by molar-refractivity contribution is -0.142. The zero-order valence-electron chi connectivity index (χ0n) is 20.6. The number of hydrogen-bond acceptors (Lipinski definition) is 5.